The van der Waals surface area contributed by atoms with Crippen molar-refractivity contribution >= 4 is 6.29 Å². The molecule has 3 nitrogen and oxygen atoms in total. The molecule has 76 valence electrons. The minimum absolute atomic E-state index is 0.127. The second-order valence-corrected chi connectivity index (χ2v) is 3.69. The van der Waals surface area contributed by atoms with E-state index in [1.807, 2.05) is 0 Å². The Bertz CT molecular complexity index is 150. The number of hydrogen-bond acceptors (Lipinski definition) is 3. The molecular weight excluding hydrogens is 164 g/mol. The number of rotatable bonds is 6. The fraction of sp³-hybridized carbons (Fsp3) is 0.900. The molecule has 3 heteroatoms. The van der Waals surface area contributed by atoms with E-state index in [-0.39, 0.29) is 6.04 Å². The average Bonchev–Trinajstić information content (AvgIpc) is 2.60. The smallest absolute Gasteiger partial charge is 0.138 e. The highest BCUT2D eigenvalue weighted by molar-refractivity contribution is 5.58. The topological polar surface area (TPSA) is 32.3 Å². The van der Waals surface area contributed by atoms with Gasteiger partial charge >= 0.3 is 0 Å². The lowest BCUT2D eigenvalue weighted by molar-refractivity contribution is -0.111. The summed E-state index contributed by atoms with van der Waals surface area (Å²) in [6, 6.07) is 0.127. The van der Waals surface area contributed by atoms with Gasteiger partial charge in [-0.05, 0) is 6.42 Å². The zero-order valence-electron chi connectivity index (χ0n) is 8.46. The fourth-order valence-electron chi connectivity index (χ4n) is 1.72. The lowest BCUT2D eigenvalue weighted by atomic mass is 10.2. The molecule has 1 atom stereocenters. The molecule has 1 fully saturated rings. The molecule has 13 heavy (non-hydrogen) atoms. The van der Waals surface area contributed by atoms with Crippen molar-refractivity contribution in [1.82, 2.24) is 10.2 Å². The van der Waals surface area contributed by atoms with E-state index in [0.29, 0.717) is 0 Å². The minimum atomic E-state index is 0.127. The first-order valence-electron chi connectivity index (χ1n) is 5.28. The maximum Gasteiger partial charge on any atom is 0.138 e. The van der Waals surface area contributed by atoms with Crippen LogP contribution < -0.4 is 5.32 Å². The van der Waals surface area contributed by atoms with Crippen molar-refractivity contribution in [3.8, 4) is 0 Å². The molecular formula is C10H20N2O. The van der Waals surface area contributed by atoms with Crippen molar-refractivity contribution in [2.75, 3.05) is 19.8 Å². The molecule has 1 rings (SSSR count). The molecule has 1 heterocycles. The maximum atomic E-state index is 10.6. The van der Waals surface area contributed by atoms with E-state index in [0.717, 1.165) is 26.0 Å². The van der Waals surface area contributed by atoms with Gasteiger partial charge in [0.25, 0.3) is 0 Å². The van der Waals surface area contributed by atoms with Gasteiger partial charge in [-0.1, -0.05) is 26.2 Å². The first-order chi connectivity index (χ1) is 6.38. The quantitative estimate of drug-likeness (QED) is 0.493. The van der Waals surface area contributed by atoms with Crippen LogP contribution in [0.15, 0.2) is 0 Å². The number of hydrogen-bond donors (Lipinski definition) is 1. The van der Waals surface area contributed by atoms with E-state index in [4.69, 9.17) is 0 Å². The molecule has 0 aromatic rings. The van der Waals surface area contributed by atoms with Gasteiger partial charge in [0.15, 0.2) is 0 Å². The van der Waals surface area contributed by atoms with Crippen molar-refractivity contribution < 1.29 is 4.79 Å². The van der Waals surface area contributed by atoms with Gasteiger partial charge in [0.2, 0.25) is 0 Å². The zero-order chi connectivity index (χ0) is 9.52. The lowest BCUT2D eigenvalue weighted by Crippen LogP contribution is -2.32. The summed E-state index contributed by atoms with van der Waals surface area (Å²) < 4.78 is 0. The van der Waals surface area contributed by atoms with Crippen LogP contribution in [0.5, 0.6) is 0 Å². The van der Waals surface area contributed by atoms with Gasteiger partial charge < -0.3 is 10.1 Å². The lowest BCUT2D eigenvalue weighted by Gasteiger charge is -2.18. The Morgan fingerprint density at radius 3 is 3.00 bits per heavy atom. The predicted octanol–water partition coefficient (Wildman–Crippen LogP) is 0.997. The van der Waals surface area contributed by atoms with Gasteiger partial charge in [-0.2, -0.15) is 0 Å². The molecule has 0 aliphatic carbocycles. The Balaban J connectivity index is 2.09. The normalized spacial score (nSPS) is 23.6. The third-order valence-electron chi connectivity index (χ3n) is 2.59. The average molecular weight is 184 g/mol. The summed E-state index contributed by atoms with van der Waals surface area (Å²) in [6.45, 7) is 4.99. The highest BCUT2D eigenvalue weighted by Crippen LogP contribution is 2.06. The molecule has 1 unspecified atom stereocenters. The van der Waals surface area contributed by atoms with E-state index < -0.39 is 0 Å². The highest BCUT2D eigenvalue weighted by atomic mass is 16.1. The number of nitrogens with one attached hydrogen (secondary N) is 1. The van der Waals surface area contributed by atoms with Crippen molar-refractivity contribution in [2.45, 2.75) is 38.6 Å². The van der Waals surface area contributed by atoms with Crippen molar-refractivity contribution in [2.24, 2.45) is 0 Å². The number of aldehydes is 1. The first kappa shape index (κ1) is 10.7. The first-order valence-corrected chi connectivity index (χ1v) is 5.28. The van der Waals surface area contributed by atoms with Gasteiger partial charge in [0, 0.05) is 19.8 Å². The van der Waals surface area contributed by atoms with E-state index in [2.05, 4.69) is 17.1 Å². The van der Waals surface area contributed by atoms with Crippen LogP contribution in [-0.4, -0.2) is 37.0 Å². The number of carbonyl (C=O) groups excluding carboxylic acids is 1. The third kappa shape index (κ3) is 3.44. The van der Waals surface area contributed by atoms with Crippen LogP contribution in [0, 0.1) is 0 Å². The maximum absolute atomic E-state index is 10.6. The van der Waals surface area contributed by atoms with Crippen molar-refractivity contribution in [3.05, 3.63) is 0 Å². The molecule has 0 saturated carbocycles. The summed E-state index contributed by atoms with van der Waals surface area (Å²) in [5.74, 6) is 0. The monoisotopic (exact) mass is 184 g/mol. The van der Waals surface area contributed by atoms with Gasteiger partial charge in [0.05, 0.1) is 6.04 Å². The summed E-state index contributed by atoms with van der Waals surface area (Å²) in [6.07, 6.45) is 6.15. The minimum Gasteiger partial charge on any atom is -0.302 e. The summed E-state index contributed by atoms with van der Waals surface area (Å²) in [7, 11) is 0. The molecule has 0 aromatic heterocycles. The zero-order valence-corrected chi connectivity index (χ0v) is 8.46. The van der Waals surface area contributed by atoms with Crippen LogP contribution in [-0.2, 0) is 4.79 Å². The van der Waals surface area contributed by atoms with Crippen LogP contribution in [0.2, 0.25) is 0 Å². The second-order valence-electron chi connectivity index (χ2n) is 3.69. The van der Waals surface area contributed by atoms with E-state index in [1.165, 1.54) is 25.7 Å². The Labute approximate surface area is 80.5 Å². The van der Waals surface area contributed by atoms with E-state index in [9.17, 15) is 4.79 Å². The van der Waals surface area contributed by atoms with Crippen LogP contribution in [0.3, 0.4) is 0 Å². The SMILES string of the molecule is CCCCCCN1CNCC1C=O. The number of unbranched alkanes of at least 4 members (excludes halogenated alkanes) is 3. The summed E-state index contributed by atoms with van der Waals surface area (Å²) >= 11 is 0. The van der Waals surface area contributed by atoms with E-state index >= 15 is 0 Å². The van der Waals surface area contributed by atoms with Crippen LogP contribution >= 0.6 is 0 Å². The Morgan fingerprint density at radius 2 is 2.31 bits per heavy atom. The Hall–Kier alpha value is -0.410. The van der Waals surface area contributed by atoms with Gasteiger partial charge in [-0.25, -0.2) is 0 Å². The molecule has 0 aromatic carbocycles. The fourth-order valence-corrected chi connectivity index (χ4v) is 1.72. The largest absolute Gasteiger partial charge is 0.302 e. The Kier molecular flexibility index (Phi) is 5.01. The molecule has 0 bridgehead atoms. The van der Waals surface area contributed by atoms with Gasteiger partial charge in [-0.3, -0.25) is 4.90 Å². The van der Waals surface area contributed by atoms with Crippen LogP contribution in [0.1, 0.15) is 32.6 Å². The molecule has 0 amide bonds. The molecule has 1 aliphatic heterocycles. The van der Waals surface area contributed by atoms with Crippen molar-refractivity contribution in [1.29, 1.82) is 0 Å². The summed E-state index contributed by atoms with van der Waals surface area (Å²) in [4.78, 5) is 12.8. The molecule has 1 N–H and O–H groups in total. The molecule has 1 saturated heterocycles. The number of nitrogens with zero attached hydrogens (tertiary/aromatic N) is 1. The number of carbonyl (C=O) groups is 1. The van der Waals surface area contributed by atoms with Crippen LogP contribution in [0.4, 0.5) is 0 Å². The third-order valence-corrected chi connectivity index (χ3v) is 2.59. The molecule has 0 spiro atoms. The summed E-state index contributed by atoms with van der Waals surface area (Å²) in [5, 5.41) is 3.21. The van der Waals surface area contributed by atoms with Gasteiger partial charge in [-0.15, -0.1) is 0 Å². The summed E-state index contributed by atoms with van der Waals surface area (Å²) in [5.41, 5.74) is 0. The molecule has 1 aliphatic rings. The second kappa shape index (κ2) is 6.11. The highest BCUT2D eigenvalue weighted by Gasteiger charge is 2.22. The van der Waals surface area contributed by atoms with E-state index in [1.54, 1.807) is 0 Å². The predicted molar refractivity (Wildman–Crippen MR) is 53.6 cm³/mol. The van der Waals surface area contributed by atoms with Crippen molar-refractivity contribution in [3.63, 3.8) is 0 Å². The van der Waals surface area contributed by atoms with Gasteiger partial charge in [0.1, 0.15) is 6.29 Å². The molecule has 0 radical (unpaired) electrons. The standard InChI is InChI=1S/C10H20N2O/c1-2-3-4-5-6-12-9-11-7-10(12)8-13/h8,10-11H,2-7,9H2,1H3. The Morgan fingerprint density at radius 1 is 1.46 bits per heavy atom. The van der Waals surface area contributed by atoms with Crippen LogP contribution in [0.25, 0.3) is 0 Å².